The number of hydrogen-bond donors (Lipinski definition) is 2. The van der Waals surface area contributed by atoms with Gasteiger partial charge in [0.05, 0.1) is 22.4 Å². The smallest absolute Gasteiger partial charge is 0.280 e. The van der Waals surface area contributed by atoms with Crippen molar-refractivity contribution in [2.75, 3.05) is 12.4 Å². The van der Waals surface area contributed by atoms with Crippen LogP contribution in [0.25, 0.3) is 0 Å². The van der Waals surface area contributed by atoms with Gasteiger partial charge in [0.25, 0.3) is 10.2 Å². The Morgan fingerprint density at radius 3 is 2.63 bits per heavy atom. The monoisotopic (exact) mass is 431 g/mol. The van der Waals surface area contributed by atoms with E-state index in [1.54, 1.807) is 37.0 Å². The molecule has 1 aromatic carbocycles. The Morgan fingerprint density at radius 2 is 2.04 bits per heavy atom. The predicted molar refractivity (Wildman–Crippen MR) is 104 cm³/mol. The van der Waals surface area contributed by atoms with Crippen molar-refractivity contribution in [1.29, 1.82) is 0 Å². The number of likely N-dealkylation sites (N-methyl/N-ethyl adjacent to an activating group) is 1. The Kier molecular flexibility index (Phi) is 5.51. The van der Waals surface area contributed by atoms with Crippen LogP contribution in [0.5, 0.6) is 0 Å². The number of carbonyl (C=O) groups is 1. The molecule has 1 aromatic heterocycles. The molecule has 1 amide bonds. The van der Waals surface area contributed by atoms with Crippen molar-refractivity contribution in [3.05, 3.63) is 45.7 Å². The quantitative estimate of drug-likeness (QED) is 0.778. The van der Waals surface area contributed by atoms with Crippen LogP contribution in [0.15, 0.2) is 24.4 Å². The van der Waals surface area contributed by atoms with Gasteiger partial charge in [0.1, 0.15) is 6.04 Å². The second kappa shape index (κ2) is 7.40. The molecule has 2 heterocycles. The van der Waals surface area contributed by atoms with Gasteiger partial charge in [-0.15, -0.1) is 0 Å². The summed E-state index contributed by atoms with van der Waals surface area (Å²) in [6.45, 7) is 1.80. The lowest BCUT2D eigenvalue weighted by atomic mass is 10.00. The Balaban J connectivity index is 1.88. The van der Waals surface area contributed by atoms with Crippen LogP contribution >= 0.6 is 23.2 Å². The number of aromatic nitrogens is 2. The van der Waals surface area contributed by atoms with E-state index in [2.05, 4.69) is 15.1 Å². The molecule has 0 spiro atoms. The summed E-state index contributed by atoms with van der Waals surface area (Å²) in [4.78, 5) is 12.8. The average Bonchev–Trinajstić information content (AvgIpc) is 2.91. The molecular formula is C16H19Cl2N5O3S. The molecule has 2 unspecified atom stereocenters. The first-order chi connectivity index (χ1) is 12.6. The highest BCUT2D eigenvalue weighted by Crippen LogP contribution is 2.31. The van der Waals surface area contributed by atoms with E-state index in [1.807, 2.05) is 0 Å². The van der Waals surface area contributed by atoms with Crippen LogP contribution in [-0.4, -0.2) is 41.5 Å². The minimum absolute atomic E-state index is 0.249. The fourth-order valence-corrected chi connectivity index (χ4v) is 4.80. The van der Waals surface area contributed by atoms with Crippen molar-refractivity contribution in [2.45, 2.75) is 25.4 Å². The third kappa shape index (κ3) is 4.12. The number of benzene rings is 1. The maximum atomic E-state index is 12.8. The molecule has 0 saturated carbocycles. The predicted octanol–water partition coefficient (Wildman–Crippen LogP) is 2.25. The maximum Gasteiger partial charge on any atom is 0.280 e. The Bertz CT molecular complexity index is 992. The summed E-state index contributed by atoms with van der Waals surface area (Å²) in [7, 11) is -0.718. The molecule has 1 aliphatic heterocycles. The van der Waals surface area contributed by atoms with Gasteiger partial charge < -0.3 is 5.32 Å². The number of amides is 1. The summed E-state index contributed by atoms with van der Waals surface area (Å²) >= 11 is 12.0. The largest absolute Gasteiger partial charge is 0.323 e. The number of anilines is 1. The van der Waals surface area contributed by atoms with E-state index in [4.69, 9.17) is 23.2 Å². The summed E-state index contributed by atoms with van der Waals surface area (Å²) in [6.07, 6.45) is 2.00. The van der Waals surface area contributed by atoms with Gasteiger partial charge in [-0.05, 0) is 31.5 Å². The SMILES string of the molecule is Cc1nn(C)cc1C1CC(C(=O)Nc2ccc(Cl)cc2Cl)N(C)S(=O)(=O)N1. The van der Waals surface area contributed by atoms with Crippen LogP contribution in [0.2, 0.25) is 10.0 Å². The summed E-state index contributed by atoms with van der Waals surface area (Å²) in [5, 5.41) is 7.64. The van der Waals surface area contributed by atoms with Gasteiger partial charge in [-0.2, -0.15) is 22.5 Å². The van der Waals surface area contributed by atoms with E-state index in [0.29, 0.717) is 16.4 Å². The third-order valence-electron chi connectivity index (χ3n) is 4.49. The highest BCUT2D eigenvalue weighted by Gasteiger charge is 2.41. The van der Waals surface area contributed by atoms with Crippen molar-refractivity contribution in [3.8, 4) is 0 Å². The third-order valence-corrected chi connectivity index (χ3v) is 6.63. The summed E-state index contributed by atoms with van der Waals surface area (Å²) < 4.78 is 30.3. The first-order valence-corrected chi connectivity index (χ1v) is 10.3. The zero-order valence-electron chi connectivity index (χ0n) is 14.9. The molecule has 3 rings (SSSR count). The lowest BCUT2D eigenvalue weighted by Gasteiger charge is -2.36. The van der Waals surface area contributed by atoms with Crippen molar-refractivity contribution in [1.82, 2.24) is 18.8 Å². The summed E-state index contributed by atoms with van der Waals surface area (Å²) in [5.74, 6) is -0.474. The molecule has 2 aromatic rings. The lowest BCUT2D eigenvalue weighted by Crippen LogP contribution is -2.56. The fraction of sp³-hybridized carbons (Fsp3) is 0.375. The molecule has 27 heavy (non-hydrogen) atoms. The van der Waals surface area contributed by atoms with Crippen molar-refractivity contribution < 1.29 is 13.2 Å². The maximum absolute atomic E-state index is 12.8. The Morgan fingerprint density at radius 1 is 1.33 bits per heavy atom. The van der Waals surface area contributed by atoms with Crippen LogP contribution < -0.4 is 10.0 Å². The molecule has 0 aliphatic carbocycles. The minimum Gasteiger partial charge on any atom is -0.323 e. The Hall–Kier alpha value is -1.65. The van der Waals surface area contributed by atoms with E-state index in [0.717, 1.165) is 9.87 Å². The van der Waals surface area contributed by atoms with Crippen LogP contribution in [0, 0.1) is 6.92 Å². The van der Waals surface area contributed by atoms with Gasteiger partial charge in [-0.1, -0.05) is 23.2 Å². The van der Waals surface area contributed by atoms with Gasteiger partial charge in [0.15, 0.2) is 0 Å². The molecule has 1 aliphatic rings. The van der Waals surface area contributed by atoms with E-state index in [-0.39, 0.29) is 11.4 Å². The molecular weight excluding hydrogens is 413 g/mol. The van der Waals surface area contributed by atoms with Gasteiger partial charge in [-0.3, -0.25) is 9.48 Å². The molecule has 11 heteroatoms. The van der Waals surface area contributed by atoms with Crippen molar-refractivity contribution >= 4 is 45.0 Å². The van der Waals surface area contributed by atoms with Crippen LogP contribution in [0.4, 0.5) is 5.69 Å². The standard InChI is InChI=1S/C16H19Cl2N5O3S/c1-9-11(8-22(2)20-9)14-7-15(23(3)27(25,26)21-14)16(24)19-13-5-4-10(17)6-12(13)18/h4-6,8,14-15,21H,7H2,1-3H3,(H,19,24). The molecule has 2 atom stereocenters. The van der Waals surface area contributed by atoms with Gasteiger partial charge in [0.2, 0.25) is 5.91 Å². The molecule has 1 saturated heterocycles. The highest BCUT2D eigenvalue weighted by molar-refractivity contribution is 7.87. The number of aryl methyl sites for hydroxylation is 2. The van der Waals surface area contributed by atoms with E-state index < -0.39 is 28.2 Å². The van der Waals surface area contributed by atoms with Crippen LogP contribution in [-0.2, 0) is 22.1 Å². The molecule has 0 radical (unpaired) electrons. The zero-order valence-corrected chi connectivity index (χ0v) is 17.2. The number of rotatable bonds is 3. The minimum atomic E-state index is -3.84. The first kappa shape index (κ1) is 20.1. The lowest BCUT2D eigenvalue weighted by molar-refractivity contribution is -0.120. The summed E-state index contributed by atoms with van der Waals surface area (Å²) in [5.41, 5.74) is 1.80. The van der Waals surface area contributed by atoms with Crippen LogP contribution in [0.1, 0.15) is 23.7 Å². The number of carbonyl (C=O) groups excluding carboxylic acids is 1. The molecule has 0 bridgehead atoms. The second-order valence-electron chi connectivity index (χ2n) is 6.40. The molecule has 1 fully saturated rings. The topological polar surface area (TPSA) is 96.3 Å². The molecule has 146 valence electrons. The zero-order chi connectivity index (χ0) is 19.9. The van der Waals surface area contributed by atoms with Gasteiger partial charge in [-0.25, -0.2) is 0 Å². The molecule has 2 N–H and O–H groups in total. The van der Waals surface area contributed by atoms with E-state index >= 15 is 0 Å². The van der Waals surface area contributed by atoms with Gasteiger partial charge in [0, 0.05) is 30.9 Å². The first-order valence-electron chi connectivity index (χ1n) is 8.10. The molecule has 8 nitrogen and oxygen atoms in total. The Labute approximate surface area is 167 Å². The number of nitrogens with one attached hydrogen (secondary N) is 2. The van der Waals surface area contributed by atoms with Crippen molar-refractivity contribution in [3.63, 3.8) is 0 Å². The van der Waals surface area contributed by atoms with E-state index in [1.165, 1.54) is 13.1 Å². The van der Waals surface area contributed by atoms with E-state index in [9.17, 15) is 13.2 Å². The summed E-state index contributed by atoms with van der Waals surface area (Å²) in [6, 6.07) is 3.20. The van der Waals surface area contributed by atoms with Gasteiger partial charge >= 0.3 is 0 Å². The van der Waals surface area contributed by atoms with Crippen molar-refractivity contribution in [2.24, 2.45) is 7.05 Å². The second-order valence-corrected chi connectivity index (χ2v) is 9.01. The average molecular weight is 432 g/mol. The normalized spacial score (nSPS) is 22.6. The number of halogens is 2. The fourth-order valence-electron chi connectivity index (χ4n) is 3.08. The van der Waals surface area contributed by atoms with Crippen LogP contribution in [0.3, 0.4) is 0 Å². The number of hydrogen-bond acceptors (Lipinski definition) is 4. The number of nitrogens with zero attached hydrogens (tertiary/aromatic N) is 3. The highest BCUT2D eigenvalue weighted by atomic mass is 35.5.